The summed E-state index contributed by atoms with van der Waals surface area (Å²) in [5.74, 6) is -4.24. The minimum Gasteiger partial charge on any atom is -0.444 e. The second-order valence-electron chi connectivity index (χ2n) is 24.7. The Morgan fingerprint density at radius 1 is 0.727 bits per heavy atom. The Labute approximate surface area is 455 Å². The number of amides is 8. The molecule has 0 aromatic heterocycles. The van der Waals surface area contributed by atoms with Gasteiger partial charge < -0.3 is 41.5 Å². The number of likely N-dealkylation sites (tertiary alicyclic amines) is 1. The summed E-state index contributed by atoms with van der Waals surface area (Å²) in [7, 11) is 1.44. The fraction of sp³-hybridized carbons (Fsp3) is 0.567. The van der Waals surface area contributed by atoms with Gasteiger partial charge in [0.25, 0.3) is 0 Å². The SMILES string of the molecule is CC[C@@H](C)C(=O)N[C@H](C(=O)N1Cc2cc(C3C[C@@H](C(=O)NC(Cc4ccccc4)C(N)=O)N(C(=O)[C@@H](NC(=O)[C@H](C)N(C)C(=O)OC(C)(C)C)C(C)(C)C)C3)ccc2C[C@H]1C(=O)NC1CCCc2ccccc21)C(C)(C)C. The Balaban J connectivity index is 1.36. The Bertz CT molecular complexity index is 2670. The predicted molar refractivity (Wildman–Crippen MR) is 295 cm³/mol. The number of rotatable bonds is 16. The maximum Gasteiger partial charge on any atom is 0.410 e. The average Bonchev–Trinajstić information content (AvgIpc) is 3.83. The molecule has 6 N–H and O–H groups in total. The van der Waals surface area contributed by atoms with Crippen molar-refractivity contribution in [2.75, 3.05) is 13.6 Å². The lowest BCUT2D eigenvalue weighted by Crippen LogP contribution is -2.61. The van der Waals surface area contributed by atoms with Crippen LogP contribution in [0.2, 0.25) is 0 Å². The molecule has 17 heteroatoms. The lowest BCUT2D eigenvalue weighted by atomic mass is 9.83. The third kappa shape index (κ3) is 14.6. The molecule has 6 rings (SSSR count). The minimum atomic E-state index is -1.18. The Morgan fingerprint density at radius 3 is 1.95 bits per heavy atom. The van der Waals surface area contributed by atoms with Gasteiger partial charge in [0, 0.05) is 44.8 Å². The van der Waals surface area contributed by atoms with Gasteiger partial charge in [-0.2, -0.15) is 0 Å². The molecule has 8 amide bonds. The molecule has 3 aromatic carbocycles. The van der Waals surface area contributed by atoms with Crippen LogP contribution in [-0.4, -0.2) is 118 Å². The Kier molecular flexibility index (Phi) is 18.7. The highest BCUT2D eigenvalue weighted by Gasteiger charge is 2.48. The molecule has 418 valence electrons. The lowest BCUT2D eigenvalue weighted by Gasteiger charge is -2.42. The maximum atomic E-state index is 15.2. The summed E-state index contributed by atoms with van der Waals surface area (Å²) in [5, 5.41) is 12.1. The molecule has 0 spiro atoms. The normalized spacial score (nSPS) is 20.4. The molecule has 2 aliphatic heterocycles. The number of nitrogens with two attached hydrogens (primary N) is 1. The van der Waals surface area contributed by atoms with Crippen molar-refractivity contribution in [2.24, 2.45) is 22.5 Å². The van der Waals surface area contributed by atoms with Gasteiger partial charge >= 0.3 is 6.09 Å². The molecule has 9 atom stereocenters. The van der Waals surface area contributed by atoms with Crippen molar-refractivity contribution < 1.29 is 43.1 Å². The number of carbonyl (C=O) groups is 8. The van der Waals surface area contributed by atoms with Crippen LogP contribution < -0.4 is 27.0 Å². The smallest absolute Gasteiger partial charge is 0.410 e. The highest BCUT2D eigenvalue weighted by atomic mass is 16.6. The predicted octanol–water partition coefficient (Wildman–Crippen LogP) is 6.39. The molecule has 77 heavy (non-hydrogen) atoms. The monoisotopic (exact) mass is 1060 g/mol. The molecule has 1 fully saturated rings. The first-order valence-corrected chi connectivity index (χ1v) is 27.3. The first kappa shape index (κ1) is 59.5. The van der Waals surface area contributed by atoms with E-state index in [0.717, 1.165) is 52.0 Å². The van der Waals surface area contributed by atoms with E-state index in [1.54, 1.807) is 46.4 Å². The highest BCUT2D eigenvalue weighted by molar-refractivity contribution is 5.96. The van der Waals surface area contributed by atoms with Crippen molar-refractivity contribution in [3.05, 3.63) is 106 Å². The van der Waals surface area contributed by atoms with Gasteiger partial charge in [-0.05, 0) is 104 Å². The van der Waals surface area contributed by atoms with Gasteiger partial charge in [-0.1, -0.05) is 128 Å². The van der Waals surface area contributed by atoms with E-state index >= 15 is 9.59 Å². The van der Waals surface area contributed by atoms with Gasteiger partial charge in [-0.25, -0.2) is 4.79 Å². The second kappa shape index (κ2) is 24.3. The summed E-state index contributed by atoms with van der Waals surface area (Å²) in [4.78, 5) is 118. The summed E-state index contributed by atoms with van der Waals surface area (Å²) in [6.07, 6.45) is 2.86. The standard InChI is InChI=1S/C60H84N8O9/c1-14-35(2)51(70)64-48(58(4,5)6)55(74)67-33-41-30-39(27-28-40(41)31-46(67)53(72)62-44-26-20-24-38-23-18-19-25-43(38)44)42-32-47(54(73)63-45(50(61)69)29-37-21-16-15-17-22-37)68(34-42)56(75)49(59(7,8)9)65-52(71)36(3)66(13)57(76)77-60(10,11)12/h15-19,21-23,25,27-28,30,35-36,42,44-49H,14,20,24,26,29,31-34H2,1-13H3,(H2,61,69)(H,62,72)(H,63,73)(H,64,70)(H,65,71)/t35-,36+,42?,44?,45?,46+,47+,48-,49-/m1/s1. The number of benzene rings is 3. The number of nitrogens with zero attached hydrogens (tertiary/aromatic N) is 3. The second-order valence-corrected chi connectivity index (χ2v) is 24.7. The first-order valence-electron chi connectivity index (χ1n) is 27.3. The fourth-order valence-electron chi connectivity index (χ4n) is 10.4. The number of hydrogen-bond donors (Lipinski definition) is 5. The van der Waals surface area contributed by atoms with Crippen LogP contribution in [0, 0.1) is 16.7 Å². The number of ether oxygens (including phenoxy) is 1. The Hall–Kier alpha value is -6.78. The number of fused-ring (bicyclic) bond motifs is 2. The largest absolute Gasteiger partial charge is 0.444 e. The molecule has 0 bridgehead atoms. The number of carbonyl (C=O) groups excluding carboxylic acids is 8. The van der Waals surface area contributed by atoms with Crippen LogP contribution in [0.4, 0.5) is 4.79 Å². The van der Waals surface area contributed by atoms with Gasteiger partial charge in [0.2, 0.25) is 41.4 Å². The van der Waals surface area contributed by atoms with E-state index in [-0.39, 0.29) is 62.0 Å². The summed E-state index contributed by atoms with van der Waals surface area (Å²) < 4.78 is 5.51. The van der Waals surface area contributed by atoms with E-state index < -0.39 is 88.3 Å². The van der Waals surface area contributed by atoms with Crippen molar-refractivity contribution in [1.82, 2.24) is 36.0 Å². The molecule has 1 aliphatic carbocycles. The van der Waals surface area contributed by atoms with Crippen molar-refractivity contribution >= 4 is 47.4 Å². The molecule has 17 nitrogen and oxygen atoms in total. The highest BCUT2D eigenvalue weighted by Crippen LogP contribution is 2.38. The molecule has 1 saturated heterocycles. The number of nitrogens with one attached hydrogen (secondary N) is 4. The quantitative estimate of drug-likeness (QED) is 0.107. The van der Waals surface area contributed by atoms with Crippen molar-refractivity contribution in [2.45, 2.75) is 188 Å². The van der Waals surface area contributed by atoms with E-state index in [9.17, 15) is 28.8 Å². The molecule has 0 radical (unpaired) electrons. The molecule has 3 aromatic rings. The molecule has 0 saturated carbocycles. The van der Waals surface area contributed by atoms with Gasteiger partial charge in [0.15, 0.2) is 0 Å². The zero-order chi connectivity index (χ0) is 56.9. The van der Waals surface area contributed by atoms with E-state index in [4.69, 9.17) is 10.5 Å². The molecule has 3 unspecified atom stereocenters. The van der Waals surface area contributed by atoms with Gasteiger partial charge in [0.1, 0.15) is 41.9 Å². The zero-order valence-electron chi connectivity index (χ0n) is 47.6. The third-order valence-electron chi connectivity index (χ3n) is 15.4. The summed E-state index contributed by atoms with van der Waals surface area (Å²) in [6.45, 7) is 21.5. The van der Waals surface area contributed by atoms with E-state index in [0.29, 0.717) is 6.42 Å². The van der Waals surface area contributed by atoms with Gasteiger partial charge in [-0.3, -0.25) is 38.5 Å². The van der Waals surface area contributed by atoms with Crippen molar-refractivity contribution in [3.63, 3.8) is 0 Å². The van der Waals surface area contributed by atoms with Crippen LogP contribution in [0.15, 0.2) is 72.8 Å². The van der Waals surface area contributed by atoms with E-state index in [1.165, 1.54) is 24.4 Å². The van der Waals surface area contributed by atoms with Crippen LogP contribution in [0.3, 0.4) is 0 Å². The minimum absolute atomic E-state index is 0.0374. The fourth-order valence-corrected chi connectivity index (χ4v) is 10.4. The van der Waals surface area contributed by atoms with E-state index in [1.807, 2.05) is 101 Å². The number of hydrogen-bond acceptors (Lipinski definition) is 9. The van der Waals surface area contributed by atoms with Crippen LogP contribution in [0.5, 0.6) is 0 Å². The number of likely N-dealkylation sites (N-methyl/N-ethyl adjacent to an activating group) is 1. The van der Waals surface area contributed by atoms with Gasteiger partial charge in [0.05, 0.1) is 6.04 Å². The third-order valence-corrected chi connectivity index (χ3v) is 15.4. The van der Waals surface area contributed by atoms with E-state index in [2.05, 4.69) is 27.3 Å². The van der Waals surface area contributed by atoms with Crippen molar-refractivity contribution in [1.29, 1.82) is 0 Å². The topological polar surface area (TPSA) is 230 Å². The molecular weight excluding hydrogens is 977 g/mol. The Morgan fingerprint density at radius 2 is 1.34 bits per heavy atom. The molecule has 2 heterocycles. The zero-order valence-corrected chi connectivity index (χ0v) is 47.6. The van der Waals surface area contributed by atoms with Gasteiger partial charge in [-0.15, -0.1) is 0 Å². The molecular formula is C60H84N8O9. The number of aryl methyl sites for hydroxylation is 1. The summed E-state index contributed by atoms with van der Waals surface area (Å²) in [5.41, 5.74) is 8.85. The van der Waals surface area contributed by atoms with Crippen LogP contribution in [-0.2, 0) is 64.1 Å². The summed E-state index contributed by atoms with van der Waals surface area (Å²) in [6, 6.07) is 16.5. The van der Waals surface area contributed by atoms with Crippen LogP contribution >= 0.6 is 0 Å². The molecule has 3 aliphatic rings. The average molecular weight is 1060 g/mol. The lowest BCUT2D eigenvalue weighted by molar-refractivity contribution is -0.147. The number of primary amides is 1. The van der Waals surface area contributed by atoms with Crippen molar-refractivity contribution in [3.8, 4) is 0 Å². The first-order chi connectivity index (χ1) is 36.0. The summed E-state index contributed by atoms with van der Waals surface area (Å²) >= 11 is 0. The maximum absolute atomic E-state index is 15.2. The van der Waals surface area contributed by atoms with Crippen LogP contribution in [0.1, 0.15) is 154 Å². The van der Waals surface area contributed by atoms with Crippen LogP contribution in [0.25, 0.3) is 0 Å².